The van der Waals surface area contributed by atoms with Gasteiger partial charge in [-0.2, -0.15) is 4.31 Å². The maximum Gasteiger partial charge on any atom is 0.249 e. The third-order valence-electron chi connectivity index (χ3n) is 4.90. The molecule has 3 aromatic rings. The van der Waals surface area contributed by atoms with Gasteiger partial charge >= 0.3 is 0 Å². The maximum atomic E-state index is 14.2. The van der Waals surface area contributed by atoms with E-state index in [1.54, 1.807) is 30.3 Å². The van der Waals surface area contributed by atoms with Crippen molar-refractivity contribution in [3.05, 3.63) is 77.1 Å². The van der Waals surface area contributed by atoms with E-state index >= 15 is 0 Å². The van der Waals surface area contributed by atoms with Crippen LogP contribution in [0.3, 0.4) is 0 Å². The molecule has 0 heterocycles. The second-order valence-electron chi connectivity index (χ2n) is 6.82. The molecule has 1 saturated carbocycles. The van der Waals surface area contributed by atoms with Crippen molar-refractivity contribution in [2.75, 3.05) is 0 Å². The quantitative estimate of drug-likeness (QED) is 0.330. The highest BCUT2D eigenvalue weighted by Crippen LogP contribution is 2.37. The van der Waals surface area contributed by atoms with E-state index in [9.17, 15) is 30.4 Å². The molecule has 0 saturated heterocycles. The highest BCUT2D eigenvalue weighted by Gasteiger charge is 2.43. The first-order valence-corrected chi connectivity index (χ1v) is 10.2. The monoisotopic (exact) mass is 427 g/mol. The van der Waals surface area contributed by atoms with Crippen LogP contribution in [0.25, 0.3) is 10.8 Å². The summed E-state index contributed by atoms with van der Waals surface area (Å²) < 4.78 is 95.8. The molecule has 1 fully saturated rings. The lowest BCUT2D eigenvalue weighted by molar-refractivity contribution is 0.346. The summed E-state index contributed by atoms with van der Waals surface area (Å²) in [5.41, 5.74) is 0.558. The van der Waals surface area contributed by atoms with Crippen molar-refractivity contribution in [3.8, 4) is 0 Å². The maximum absolute atomic E-state index is 14.2. The zero-order valence-electron chi connectivity index (χ0n) is 14.8. The predicted molar refractivity (Wildman–Crippen MR) is 95.9 cm³/mol. The molecule has 0 bridgehead atoms. The summed E-state index contributed by atoms with van der Waals surface area (Å²) in [6.45, 7) is -0.256. The van der Waals surface area contributed by atoms with Gasteiger partial charge in [0.25, 0.3) is 0 Å². The molecular formula is C20H14F5NO2S. The zero-order valence-corrected chi connectivity index (χ0v) is 15.6. The van der Waals surface area contributed by atoms with Gasteiger partial charge in [-0.1, -0.05) is 42.5 Å². The van der Waals surface area contributed by atoms with Crippen molar-refractivity contribution in [2.24, 2.45) is 0 Å². The second-order valence-corrected chi connectivity index (χ2v) is 8.65. The molecule has 29 heavy (non-hydrogen) atoms. The first kappa shape index (κ1) is 19.8. The summed E-state index contributed by atoms with van der Waals surface area (Å²) in [7, 11) is -4.99. The number of hydrogen-bond donors (Lipinski definition) is 0. The first-order valence-electron chi connectivity index (χ1n) is 8.73. The summed E-state index contributed by atoms with van der Waals surface area (Å²) in [4.78, 5) is -1.82. The molecule has 3 nitrogen and oxygen atoms in total. The molecule has 0 aliphatic heterocycles. The molecule has 0 radical (unpaired) electrons. The first-order chi connectivity index (χ1) is 13.7. The highest BCUT2D eigenvalue weighted by molar-refractivity contribution is 7.89. The number of rotatable bonds is 5. The molecule has 9 heteroatoms. The average molecular weight is 427 g/mol. The Kier molecular flexibility index (Phi) is 4.82. The van der Waals surface area contributed by atoms with Gasteiger partial charge in [0.2, 0.25) is 15.8 Å². The van der Waals surface area contributed by atoms with Crippen molar-refractivity contribution in [1.29, 1.82) is 0 Å². The van der Waals surface area contributed by atoms with Gasteiger partial charge in [0.15, 0.2) is 28.2 Å². The molecule has 4 rings (SSSR count). The Balaban J connectivity index is 1.85. The largest absolute Gasteiger partial charge is 0.249 e. The smallest absolute Gasteiger partial charge is 0.207 e. The molecule has 1 aliphatic carbocycles. The molecular weight excluding hydrogens is 413 g/mol. The summed E-state index contributed by atoms with van der Waals surface area (Å²) in [5, 5.41) is 1.56. The minimum atomic E-state index is -4.99. The molecule has 0 amide bonds. The fraction of sp³-hybridized carbons (Fsp3) is 0.200. The van der Waals surface area contributed by atoms with Crippen LogP contribution >= 0.6 is 0 Å². The van der Waals surface area contributed by atoms with E-state index in [0.29, 0.717) is 18.4 Å². The summed E-state index contributed by atoms with van der Waals surface area (Å²) in [5.74, 6) is -11.7. The molecule has 0 spiro atoms. The van der Waals surface area contributed by atoms with Crippen LogP contribution in [0.1, 0.15) is 18.4 Å². The Labute approximate surface area is 163 Å². The molecule has 3 aromatic carbocycles. The number of benzene rings is 3. The van der Waals surface area contributed by atoms with Gasteiger partial charge < -0.3 is 0 Å². The Bertz CT molecular complexity index is 1190. The molecule has 0 N–H and O–H groups in total. The Morgan fingerprint density at radius 2 is 1.34 bits per heavy atom. The SMILES string of the molecule is O=S(=O)(c1c(F)c(F)c(F)c(F)c1F)N(Cc1cccc2ccccc12)C1CC1. The lowest BCUT2D eigenvalue weighted by Crippen LogP contribution is -2.34. The minimum Gasteiger partial charge on any atom is -0.207 e. The van der Waals surface area contributed by atoms with Crippen molar-refractivity contribution in [3.63, 3.8) is 0 Å². The topological polar surface area (TPSA) is 37.4 Å². The van der Waals surface area contributed by atoms with Crippen molar-refractivity contribution in [2.45, 2.75) is 30.3 Å². The normalized spacial score (nSPS) is 14.7. The Morgan fingerprint density at radius 1 is 0.793 bits per heavy atom. The van der Waals surface area contributed by atoms with E-state index in [2.05, 4.69) is 0 Å². The van der Waals surface area contributed by atoms with Gasteiger partial charge in [0.1, 0.15) is 0 Å². The van der Waals surface area contributed by atoms with Crippen LogP contribution in [0.2, 0.25) is 0 Å². The number of sulfonamides is 1. The molecule has 0 aromatic heterocycles. The van der Waals surface area contributed by atoms with Crippen LogP contribution in [0.5, 0.6) is 0 Å². The van der Waals surface area contributed by atoms with Gasteiger partial charge in [-0.25, -0.2) is 30.4 Å². The van der Waals surface area contributed by atoms with E-state index in [-0.39, 0.29) is 6.54 Å². The van der Waals surface area contributed by atoms with Gasteiger partial charge in [-0.05, 0) is 29.2 Å². The fourth-order valence-corrected chi connectivity index (χ4v) is 5.08. The van der Waals surface area contributed by atoms with Crippen LogP contribution < -0.4 is 0 Å². The van der Waals surface area contributed by atoms with Crippen LogP contribution in [-0.4, -0.2) is 18.8 Å². The second kappa shape index (κ2) is 7.07. The van der Waals surface area contributed by atoms with Gasteiger partial charge in [0.05, 0.1) is 0 Å². The lowest BCUT2D eigenvalue weighted by Gasteiger charge is -2.23. The molecule has 0 unspecified atom stereocenters. The van der Waals surface area contributed by atoms with Gasteiger partial charge in [-0.3, -0.25) is 0 Å². The predicted octanol–water partition coefficient (Wildman–Crippen LogP) is 4.89. The number of nitrogens with zero attached hydrogens (tertiary/aromatic N) is 1. The van der Waals surface area contributed by atoms with Crippen LogP contribution in [0.4, 0.5) is 22.0 Å². The lowest BCUT2D eigenvalue weighted by atomic mass is 10.0. The van der Waals surface area contributed by atoms with E-state index in [1.165, 1.54) is 0 Å². The van der Waals surface area contributed by atoms with E-state index < -0.39 is 50.0 Å². The summed E-state index contributed by atoms with van der Waals surface area (Å²) in [6, 6.07) is 11.7. The van der Waals surface area contributed by atoms with Crippen LogP contribution in [0.15, 0.2) is 47.4 Å². The van der Waals surface area contributed by atoms with E-state index in [4.69, 9.17) is 0 Å². The zero-order chi connectivity index (χ0) is 20.9. The Morgan fingerprint density at radius 3 is 1.97 bits per heavy atom. The molecule has 1 aliphatic rings. The van der Waals surface area contributed by atoms with E-state index in [1.807, 2.05) is 12.1 Å². The highest BCUT2D eigenvalue weighted by atomic mass is 32.2. The van der Waals surface area contributed by atoms with E-state index in [0.717, 1.165) is 15.1 Å². The summed E-state index contributed by atoms with van der Waals surface area (Å²) in [6.07, 6.45) is 0.860. The van der Waals surface area contributed by atoms with Gasteiger partial charge in [-0.15, -0.1) is 0 Å². The fourth-order valence-electron chi connectivity index (χ4n) is 3.30. The Hall–Kier alpha value is -2.52. The van der Waals surface area contributed by atoms with Gasteiger partial charge in [0, 0.05) is 12.6 Å². The third-order valence-corrected chi connectivity index (χ3v) is 6.82. The van der Waals surface area contributed by atoms with Crippen LogP contribution in [0, 0.1) is 29.1 Å². The number of hydrogen-bond acceptors (Lipinski definition) is 2. The number of fused-ring (bicyclic) bond motifs is 1. The third kappa shape index (κ3) is 3.28. The number of halogens is 5. The molecule has 152 valence electrons. The average Bonchev–Trinajstić information content (AvgIpc) is 3.54. The van der Waals surface area contributed by atoms with Crippen molar-refractivity contribution >= 4 is 20.8 Å². The van der Waals surface area contributed by atoms with Crippen LogP contribution in [-0.2, 0) is 16.6 Å². The molecule has 0 atom stereocenters. The van der Waals surface area contributed by atoms with Crippen molar-refractivity contribution in [1.82, 2.24) is 4.31 Å². The van der Waals surface area contributed by atoms with Crippen molar-refractivity contribution < 1.29 is 30.4 Å². The summed E-state index contributed by atoms with van der Waals surface area (Å²) >= 11 is 0. The standard InChI is InChI=1S/C20H14F5NO2S/c21-15-16(22)18(24)20(19(25)17(15)23)29(27,28)26(13-8-9-13)10-12-6-3-5-11-4-1-2-7-14(11)12/h1-7,13H,8-10H2. The minimum absolute atomic E-state index is 0.256.